The maximum atomic E-state index is 4.85. The van der Waals surface area contributed by atoms with Crippen molar-refractivity contribution in [1.29, 1.82) is 0 Å². The fraction of sp³-hybridized carbons (Fsp3) is 0.130. The summed E-state index contributed by atoms with van der Waals surface area (Å²) >= 11 is 0. The van der Waals surface area contributed by atoms with E-state index in [9.17, 15) is 0 Å². The van der Waals surface area contributed by atoms with Crippen molar-refractivity contribution in [3.8, 4) is 11.4 Å². The Hall–Kier alpha value is -3.60. The van der Waals surface area contributed by atoms with Crippen LogP contribution in [-0.2, 0) is 19.9 Å². The fourth-order valence-corrected chi connectivity index (χ4v) is 3.40. The zero-order valence-electron chi connectivity index (χ0n) is 15.8. The van der Waals surface area contributed by atoms with Crippen LogP contribution >= 0.6 is 0 Å². The molecule has 0 aliphatic heterocycles. The molecule has 0 unspecified atom stereocenters. The summed E-state index contributed by atoms with van der Waals surface area (Å²) < 4.78 is 2.12. The predicted molar refractivity (Wildman–Crippen MR) is 115 cm³/mol. The van der Waals surface area contributed by atoms with E-state index in [-0.39, 0.29) is 0 Å². The number of aromatic nitrogens is 4. The van der Waals surface area contributed by atoms with E-state index in [0.29, 0.717) is 0 Å². The number of hydrogen-bond donors (Lipinski definition) is 0. The summed E-state index contributed by atoms with van der Waals surface area (Å²) in [4.78, 5) is 18.1. The first-order chi connectivity index (χ1) is 13.7. The molecule has 0 saturated carbocycles. The van der Waals surface area contributed by atoms with Crippen LogP contribution in [-0.4, -0.2) is 26.2 Å². The van der Waals surface area contributed by atoms with Crippen LogP contribution in [0, 0.1) is 0 Å². The van der Waals surface area contributed by atoms with Gasteiger partial charge in [-0.3, -0.25) is 15.0 Å². The molecule has 0 aliphatic rings. The molecule has 5 heteroatoms. The molecule has 0 aliphatic carbocycles. The molecule has 0 saturated heterocycles. The molecule has 4 aromatic rings. The van der Waals surface area contributed by atoms with Gasteiger partial charge in [-0.15, -0.1) is 0 Å². The number of fused-ring (bicyclic) bond motifs is 1. The summed E-state index contributed by atoms with van der Waals surface area (Å²) in [6.07, 6.45) is 5.17. The maximum absolute atomic E-state index is 4.85. The van der Waals surface area contributed by atoms with Crippen molar-refractivity contribution in [2.24, 2.45) is 12.0 Å². The molecule has 138 valence electrons. The van der Waals surface area contributed by atoms with Crippen LogP contribution in [0.2, 0.25) is 0 Å². The average Bonchev–Trinajstić information content (AvgIpc) is 3.08. The summed E-state index contributed by atoms with van der Waals surface area (Å²) in [5.74, 6) is 1.00. The van der Waals surface area contributed by atoms with Crippen molar-refractivity contribution in [2.75, 3.05) is 0 Å². The van der Waals surface area contributed by atoms with Crippen LogP contribution in [0.5, 0.6) is 0 Å². The van der Waals surface area contributed by atoms with Gasteiger partial charge in [0.15, 0.2) is 0 Å². The van der Waals surface area contributed by atoms with E-state index in [4.69, 9.17) is 9.97 Å². The van der Waals surface area contributed by atoms with Gasteiger partial charge in [-0.1, -0.05) is 24.8 Å². The Labute approximate surface area is 164 Å². The molecule has 0 spiro atoms. The molecule has 3 aromatic heterocycles. The second-order valence-corrected chi connectivity index (χ2v) is 6.54. The Kier molecular flexibility index (Phi) is 4.81. The Morgan fingerprint density at radius 3 is 2.61 bits per heavy atom. The Bertz CT molecular complexity index is 1160. The molecule has 0 radical (unpaired) electrons. The Balaban J connectivity index is 1.62. The molecular weight excluding hydrogens is 346 g/mol. The Morgan fingerprint density at radius 2 is 1.86 bits per heavy atom. The number of aliphatic imine (C=N–C) groups is 1. The summed E-state index contributed by atoms with van der Waals surface area (Å²) in [5, 5.41) is 0. The van der Waals surface area contributed by atoms with Crippen LogP contribution in [0.4, 0.5) is 5.69 Å². The van der Waals surface area contributed by atoms with Gasteiger partial charge in [-0.2, -0.15) is 0 Å². The standard InChI is InChI=1S/C23H21N5/c1-4-17-18(24-2)12-13-21-23(17)27-22(28(21)3)14-11-16-8-7-10-20(26-16)19-9-5-6-15-25-19/h4-10,12-13,15H,1-2,11,14H2,3H3. The van der Waals surface area contributed by atoms with Gasteiger partial charge in [-0.25, -0.2) is 4.98 Å². The second-order valence-electron chi connectivity index (χ2n) is 6.54. The maximum Gasteiger partial charge on any atom is 0.110 e. The molecular formula is C23H21N5. The normalized spacial score (nSPS) is 10.9. The van der Waals surface area contributed by atoms with E-state index < -0.39 is 0 Å². The first kappa shape index (κ1) is 17.8. The van der Waals surface area contributed by atoms with Gasteiger partial charge < -0.3 is 4.57 Å². The molecule has 1 aromatic carbocycles. The molecule has 0 atom stereocenters. The van der Waals surface area contributed by atoms with Crippen LogP contribution in [0.25, 0.3) is 28.5 Å². The minimum Gasteiger partial charge on any atom is -0.331 e. The monoisotopic (exact) mass is 367 g/mol. The van der Waals surface area contributed by atoms with E-state index >= 15 is 0 Å². The number of rotatable bonds is 6. The van der Waals surface area contributed by atoms with Crippen molar-refractivity contribution < 1.29 is 0 Å². The van der Waals surface area contributed by atoms with Gasteiger partial charge in [0, 0.05) is 30.9 Å². The van der Waals surface area contributed by atoms with Crippen molar-refractivity contribution in [3.05, 3.63) is 78.4 Å². The summed E-state index contributed by atoms with van der Waals surface area (Å²) in [5.41, 5.74) is 6.49. The predicted octanol–water partition coefficient (Wildman–Crippen LogP) is 4.79. The van der Waals surface area contributed by atoms with Crippen LogP contribution in [0.3, 0.4) is 0 Å². The van der Waals surface area contributed by atoms with Crippen LogP contribution in [0.15, 0.2) is 66.3 Å². The minimum atomic E-state index is 0.789. The molecule has 0 amide bonds. The molecule has 0 N–H and O–H groups in total. The fourth-order valence-electron chi connectivity index (χ4n) is 3.40. The number of imidazole rings is 1. The third-order valence-corrected chi connectivity index (χ3v) is 4.88. The second kappa shape index (κ2) is 7.56. The molecule has 0 bridgehead atoms. The lowest BCUT2D eigenvalue weighted by atomic mass is 10.1. The highest BCUT2D eigenvalue weighted by atomic mass is 15.1. The highest BCUT2D eigenvalue weighted by Gasteiger charge is 2.13. The molecule has 5 nitrogen and oxygen atoms in total. The Morgan fingerprint density at radius 1 is 1.00 bits per heavy atom. The van der Waals surface area contributed by atoms with Gasteiger partial charge >= 0.3 is 0 Å². The van der Waals surface area contributed by atoms with Gasteiger partial charge in [-0.05, 0) is 49.5 Å². The smallest absolute Gasteiger partial charge is 0.110 e. The highest BCUT2D eigenvalue weighted by Crippen LogP contribution is 2.29. The summed E-state index contributed by atoms with van der Waals surface area (Å²) in [6, 6.07) is 15.9. The molecule has 28 heavy (non-hydrogen) atoms. The average molecular weight is 367 g/mol. The third kappa shape index (κ3) is 3.22. The lowest BCUT2D eigenvalue weighted by Gasteiger charge is -2.05. The largest absolute Gasteiger partial charge is 0.331 e. The lowest BCUT2D eigenvalue weighted by molar-refractivity contribution is 0.776. The molecule has 4 rings (SSSR count). The lowest BCUT2D eigenvalue weighted by Crippen LogP contribution is -2.02. The number of aryl methyl sites for hydroxylation is 3. The van der Waals surface area contributed by atoms with Crippen molar-refractivity contribution in [2.45, 2.75) is 12.8 Å². The van der Waals surface area contributed by atoms with Crippen molar-refractivity contribution >= 4 is 29.5 Å². The summed E-state index contributed by atoms with van der Waals surface area (Å²) in [7, 11) is 2.04. The van der Waals surface area contributed by atoms with E-state index in [1.807, 2.05) is 55.6 Å². The van der Waals surface area contributed by atoms with E-state index in [0.717, 1.165) is 58.0 Å². The van der Waals surface area contributed by atoms with E-state index in [2.05, 4.69) is 27.8 Å². The number of pyridine rings is 2. The van der Waals surface area contributed by atoms with Gasteiger partial charge in [0.2, 0.25) is 0 Å². The topological polar surface area (TPSA) is 56.0 Å². The molecule has 0 fully saturated rings. The SMILES string of the molecule is C=Cc1c(N=C)ccc2c1nc(CCc1cccc(-c3ccccn3)n1)n2C. The quantitative estimate of drug-likeness (QED) is 0.460. The van der Waals surface area contributed by atoms with Gasteiger partial charge in [0.1, 0.15) is 5.82 Å². The summed E-state index contributed by atoms with van der Waals surface area (Å²) in [6.45, 7) is 7.55. The highest BCUT2D eigenvalue weighted by molar-refractivity contribution is 5.91. The van der Waals surface area contributed by atoms with Crippen molar-refractivity contribution in [1.82, 2.24) is 19.5 Å². The number of nitrogens with zero attached hydrogens (tertiary/aromatic N) is 5. The molecule has 3 heterocycles. The van der Waals surface area contributed by atoms with Gasteiger partial charge in [0.05, 0.1) is 28.1 Å². The van der Waals surface area contributed by atoms with E-state index in [1.165, 1.54) is 0 Å². The van der Waals surface area contributed by atoms with E-state index in [1.54, 1.807) is 12.3 Å². The zero-order valence-corrected chi connectivity index (χ0v) is 15.8. The van der Waals surface area contributed by atoms with Crippen LogP contribution < -0.4 is 0 Å². The zero-order chi connectivity index (χ0) is 19.5. The number of benzene rings is 1. The number of hydrogen-bond acceptors (Lipinski definition) is 4. The third-order valence-electron chi connectivity index (χ3n) is 4.88. The minimum absolute atomic E-state index is 0.789. The first-order valence-corrected chi connectivity index (χ1v) is 9.16. The van der Waals surface area contributed by atoms with Crippen LogP contribution in [0.1, 0.15) is 17.1 Å². The first-order valence-electron chi connectivity index (χ1n) is 9.16. The van der Waals surface area contributed by atoms with Crippen molar-refractivity contribution in [3.63, 3.8) is 0 Å². The van der Waals surface area contributed by atoms with Gasteiger partial charge in [0.25, 0.3) is 0 Å².